The van der Waals surface area contributed by atoms with E-state index in [2.05, 4.69) is 48.0 Å². The van der Waals surface area contributed by atoms with Gasteiger partial charge in [0.05, 0.1) is 6.61 Å². The number of unbranched alkanes of at least 4 members (excludes halogenated alkanes) is 2. The molecule has 90 valence electrons. The lowest BCUT2D eigenvalue weighted by Gasteiger charge is -2.09. The summed E-state index contributed by atoms with van der Waals surface area (Å²) in [5.41, 5.74) is 2.67. The second-order valence-electron chi connectivity index (χ2n) is 4.09. The molecule has 0 spiro atoms. The summed E-state index contributed by atoms with van der Waals surface area (Å²) in [4.78, 5) is 0. The lowest BCUT2D eigenvalue weighted by Crippen LogP contribution is -1.99. The van der Waals surface area contributed by atoms with Crippen LogP contribution in [0.15, 0.2) is 18.2 Å². The van der Waals surface area contributed by atoms with E-state index in [-0.39, 0.29) is 0 Å². The highest BCUT2D eigenvalue weighted by molar-refractivity contribution is 9.09. The molecular weight excluding hydrogens is 264 g/mol. The third-order valence-electron chi connectivity index (χ3n) is 2.64. The van der Waals surface area contributed by atoms with Gasteiger partial charge in [0.1, 0.15) is 5.75 Å². The molecule has 0 N–H and O–H groups in total. The Labute approximate surface area is 107 Å². The predicted octanol–water partition coefficient (Wildman–Crippen LogP) is 4.50. The number of ether oxygens (including phenoxy) is 1. The highest BCUT2D eigenvalue weighted by Crippen LogP contribution is 2.20. The minimum Gasteiger partial charge on any atom is -0.492 e. The van der Waals surface area contributed by atoms with E-state index >= 15 is 0 Å². The highest BCUT2D eigenvalue weighted by Gasteiger charge is 2.01. The van der Waals surface area contributed by atoms with Crippen LogP contribution >= 0.6 is 15.9 Å². The standard InChI is InChI=1S/C14H21BrO/c1-3-4-5-6-13-7-8-14(12(2)11-13)16-10-9-15/h7-8,11H,3-6,9-10H2,1-2H3. The minimum absolute atomic E-state index is 0.732. The lowest BCUT2D eigenvalue weighted by atomic mass is 10.0. The Bertz CT molecular complexity index is 310. The first-order valence-corrected chi connectivity index (χ1v) is 7.18. The van der Waals surface area contributed by atoms with Gasteiger partial charge in [-0.05, 0) is 37.0 Å². The van der Waals surface area contributed by atoms with Gasteiger partial charge in [-0.2, -0.15) is 0 Å². The summed E-state index contributed by atoms with van der Waals surface area (Å²) < 4.78 is 5.62. The van der Waals surface area contributed by atoms with E-state index in [1.807, 2.05) is 0 Å². The van der Waals surface area contributed by atoms with Crippen LogP contribution in [-0.4, -0.2) is 11.9 Å². The van der Waals surface area contributed by atoms with Crippen molar-refractivity contribution in [3.8, 4) is 5.75 Å². The van der Waals surface area contributed by atoms with Crippen LogP contribution in [0.3, 0.4) is 0 Å². The van der Waals surface area contributed by atoms with E-state index in [0.717, 1.165) is 17.7 Å². The van der Waals surface area contributed by atoms with Gasteiger partial charge in [0.2, 0.25) is 0 Å². The summed E-state index contributed by atoms with van der Waals surface area (Å²) in [6, 6.07) is 6.53. The monoisotopic (exact) mass is 284 g/mol. The molecule has 0 aliphatic carbocycles. The van der Waals surface area contributed by atoms with E-state index in [4.69, 9.17) is 4.74 Å². The maximum absolute atomic E-state index is 5.62. The number of hydrogen-bond acceptors (Lipinski definition) is 1. The molecular formula is C14H21BrO. The molecule has 1 aromatic carbocycles. The molecule has 16 heavy (non-hydrogen) atoms. The van der Waals surface area contributed by atoms with Gasteiger partial charge in [-0.1, -0.05) is 47.8 Å². The largest absolute Gasteiger partial charge is 0.492 e. The maximum atomic E-state index is 5.62. The van der Waals surface area contributed by atoms with Gasteiger partial charge in [0.25, 0.3) is 0 Å². The number of aryl methyl sites for hydroxylation is 2. The van der Waals surface area contributed by atoms with Crippen LogP contribution in [0.4, 0.5) is 0 Å². The van der Waals surface area contributed by atoms with Gasteiger partial charge in [-0.15, -0.1) is 0 Å². The zero-order valence-electron chi connectivity index (χ0n) is 10.3. The van der Waals surface area contributed by atoms with Crippen molar-refractivity contribution in [2.45, 2.75) is 39.5 Å². The summed E-state index contributed by atoms with van der Waals surface area (Å²) in [6.07, 6.45) is 5.08. The zero-order valence-corrected chi connectivity index (χ0v) is 11.8. The average molecular weight is 285 g/mol. The van der Waals surface area contributed by atoms with Crippen molar-refractivity contribution in [3.63, 3.8) is 0 Å². The van der Waals surface area contributed by atoms with Crippen molar-refractivity contribution in [1.29, 1.82) is 0 Å². The molecule has 2 heteroatoms. The van der Waals surface area contributed by atoms with Crippen LogP contribution in [0.5, 0.6) is 5.75 Å². The van der Waals surface area contributed by atoms with E-state index in [0.29, 0.717) is 0 Å². The summed E-state index contributed by atoms with van der Waals surface area (Å²) in [6.45, 7) is 5.09. The molecule has 0 saturated heterocycles. The van der Waals surface area contributed by atoms with Gasteiger partial charge in [0.15, 0.2) is 0 Å². The summed E-state index contributed by atoms with van der Waals surface area (Å²) in [5.74, 6) is 1.01. The number of alkyl halides is 1. The molecule has 0 aliphatic rings. The van der Waals surface area contributed by atoms with E-state index < -0.39 is 0 Å². The molecule has 0 unspecified atom stereocenters. The van der Waals surface area contributed by atoms with Crippen molar-refractivity contribution < 1.29 is 4.74 Å². The molecule has 0 aliphatic heterocycles. The van der Waals surface area contributed by atoms with Crippen LogP contribution < -0.4 is 4.74 Å². The number of halogens is 1. The first kappa shape index (κ1) is 13.6. The lowest BCUT2D eigenvalue weighted by molar-refractivity contribution is 0.342. The summed E-state index contributed by atoms with van der Waals surface area (Å²) >= 11 is 3.36. The third kappa shape index (κ3) is 4.56. The fourth-order valence-electron chi connectivity index (χ4n) is 1.76. The van der Waals surface area contributed by atoms with Gasteiger partial charge >= 0.3 is 0 Å². The topological polar surface area (TPSA) is 9.23 Å². The molecule has 0 heterocycles. The summed E-state index contributed by atoms with van der Waals surface area (Å²) in [5, 5.41) is 0.880. The SMILES string of the molecule is CCCCCc1ccc(OCCBr)c(C)c1. The second kappa shape index (κ2) is 7.72. The Morgan fingerprint density at radius 2 is 2.06 bits per heavy atom. The Balaban J connectivity index is 2.53. The molecule has 1 rings (SSSR count). The molecule has 1 aromatic rings. The Morgan fingerprint density at radius 3 is 2.69 bits per heavy atom. The first-order chi connectivity index (χ1) is 7.77. The van der Waals surface area contributed by atoms with E-state index in [1.54, 1.807) is 0 Å². The smallest absolute Gasteiger partial charge is 0.122 e. The van der Waals surface area contributed by atoms with Crippen LogP contribution in [0.2, 0.25) is 0 Å². The molecule has 0 amide bonds. The quantitative estimate of drug-likeness (QED) is 0.529. The van der Waals surface area contributed by atoms with Crippen molar-refractivity contribution in [1.82, 2.24) is 0 Å². The molecule has 0 atom stereocenters. The van der Waals surface area contributed by atoms with Crippen LogP contribution in [0.25, 0.3) is 0 Å². The Hall–Kier alpha value is -0.500. The molecule has 0 aromatic heterocycles. The highest BCUT2D eigenvalue weighted by atomic mass is 79.9. The average Bonchev–Trinajstić information content (AvgIpc) is 2.28. The zero-order chi connectivity index (χ0) is 11.8. The van der Waals surface area contributed by atoms with Gasteiger partial charge < -0.3 is 4.74 Å². The normalized spacial score (nSPS) is 10.4. The predicted molar refractivity (Wildman–Crippen MR) is 73.7 cm³/mol. The minimum atomic E-state index is 0.732. The summed E-state index contributed by atoms with van der Waals surface area (Å²) in [7, 11) is 0. The van der Waals surface area contributed by atoms with Gasteiger partial charge in [-0.25, -0.2) is 0 Å². The number of benzene rings is 1. The van der Waals surface area contributed by atoms with Gasteiger partial charge in [-0.3, -0.25) is 0 Å². The number of hydrogen-bond donors (Lipinski definition) is 0. The third-order valence-corrected chi connectivity index (χ3v) is 2.97. The van der Waals surface area contributed by atoms with Crippen molar-refractivity contribution in [3.05, 3.63) is 29.3 Å². The fraction of sp³-hybridized carbons (Fsp3) is 0.571. The van der Waals surface area contributed by atoms with Crippen molar-refractivity contribution in [2.75, 3.05) is 11.9 Å². The first-order valence-electron chi connectivity index (χ1n) is 6.06. The molecule has 0 saturated carbocycles. The molecule has 0 radical (unpaired) electrons. The molecule has 0 bridgehead atoms. The van der Waals surface area contributed by atoms with Crippen LogP contribution in [0.1, 0.15) is 37.3 Å². The van der Waals surface area contributed by atoms with E-state index in [1.165, 1.54) is 36.8 Å². The second-order valence-corrected chi connectivity index (χ2v) is 4.89. The number of rotatable bonds is 7. The Kier molecular flexibility index (Phi) is 6.55. The van der Waals surface area contributed by atoms with Gasteiger partial charge in [0, 0.05) is 5.33 Å². The fourth-order valence-corrected chi connectivity index (χ4v) is 1.92. The molecule has 1 nitrogen and oxygen atoms in total. The maximum Gasteiger partial charge on any atom is 0.122 e. The molecule has 0 fully saturated rings. The Morgan fingerprint density at radius 1 is 1.25 bits per heavy atom. The van der Waals surface area contributed by atoms with Crippen LogP contribution in [0, 0.1) is 6.92 Å². The van der Waals surface area contributed by atoms with E-state index in [9.17, 15) is 0 Å². The van der Waals surface area contributed by atoms with Crippen molar-refractivity contribution >= 4 is 15.9 Å². The van der Waals surface area contributed by atoms with Crippen LogP contribution in [-0.2, 0) is 6.42 Å². The van der Waals surface area contributed by atoms with Crippen molar-refractivity contribution in [2.24, 2.45) is 0 Å².